The topological polar surface area (TPSA) is 76.7 Å². The van der Waals surface area contributed by atoms with E-state index in [-0.39, 0.29) is 18.4 Å². The number of aryl methyl sites for hydroxylation is 1. The normalized spacial score (nSPS) is 10.6. The Bertz CT molecular complexity index is 862. The van der Waals surface area contributed by atoms with E-state index in [9.17, 15) is 9.59 Å². The molecule has 0 atom stereocenters. The van der Waals surface area contributed by atoms with Crippen molar-refractivity contribution in [1.82, 2.24) is 5.32 Å². The van der Waals surface area contributed by atoms with Crippen LogP contribution in [0, 0.1) is 0 Å². The Morgan fingerprint density at radius 3 is 2.41 bits per heavy atom. The van der Waals surface area contributed by atoms with Gasteiger partial charge in [-0.1, -0.05) is 31.2 Å². The summed E-state index contributed by atoms with van der Waals surface area (Å²) in [5.74, 6) is 0.675. The molecule has 0 aromatic heterocycles. The summed E-state index contributed by atoms with van der Waals surface area (Å²) in [6, 6.07) is 13.1. The molecule has 2 rings (SSSR count). The molecule has 0 fully saturated rings. The first-order valence-electron chi connectivity index (χ1n) is 9.80. The van der Waals surface area contributed by atoms with Crippen molar-refractivity contribution in [2.45, 2.75) is 27.2 Å². The van der Waals surface area contributed by atoms with Crippen LogP contribution in [0.2, 0.25) is 0 Å². The molecule has 0 unspecified atom stereocenters. The Labute approximate surface area is 171 Å². The van der Waals surface area contributed by atoms with Gasteiger partial charge in [-0.2, -0.15) is 0 Å². The Balaban J connectivity index is 1.90. The first-order valence-corrected chi connectivity index (χ1v) is 9.80. The van der Waals surface area contributed by atoms with E-state index in [1.807, 2.05) is 63.2 Å². The highest BCUT2D eigenvalue weighted by Crippen LogP contribution is 2.29. The van der Waals surface area contributed by atoms with E-state index in [4.69, 9.17) is 9.47 Å². The summed E-state index contributed by atoms with van der Waals surface area (Å²) in [5.41, 5.74) is 2.61. The second kappa shape index (κ2) is 11.5. The quantitative estimate of drug-likeness (QED) is 0.599. The average molecular weight is 396 g/mol. The maximum atomic E-state index is 12.1. The summed E-state index contributed by atoms with van der Waals surface area (Å²) < 4.78 is 11.1. The van der Waals surface area contributed by atoms with Gasteiger partial charge in [0.1, 0.15) is 0 Å². The number of ether oxygens (including phenoxy) is 2. The lowest BCUT2D eigenvalue weighted by Gasteiger charge is -2.11. The van der Waals surface area contributed by atoms with Crippen LogP contribution in [0.5, 0.6) is 11.5 Å². The fraction of sp³-hybridized carbons (Fsp3) is 0.304. The zero-order chi connectivity index (χ0) is 21.1. The molecule has 2 aromatic carbocycles. The molecule has 0 aliphatic carbocycles. The van der Waals surface area contributed by atoms with E-state index in [0.717, 1.165) is 23.2 Å². The molecule has 6 nitrogen and oxygen atoms in total. The molecule has 0 aliphatic heterocycles. The second-order valence-corrected chi connectivity index (χ2v) is 6.18. The number of amides is 2. The molecular formula is C23H28N2O4. The number of benzene rings is 2. The average Bonchev–Trinajstić information content (AvgIpc) is 2.73. The summed E-state index contributed by atoms with van der Waals surface area (Å²) in [6.07, 6.45) is 3.87. The molecule has 0 radical (unpaired) electrons. The Morgan fingerprint density at radius 2 is 1.69 bits per heavy atom. The van der Waals surface area contributed by atoms with Crippen LogP contribution in [-0.4, -0.2) is 31.6 Å². The standard InChI is InChI=1S/C23H28N2O4/c1-4-18-9-7-8-10-19(18)25-23(27)16-24-22(26)14-12-17-11-13-20(28-5-2)21(15-17)29-6-3/h7-15H,4-6,16H2,1-3H3,(H,24,26)(H,25,27)/b14-12+. The highest BCUT2D eigenvalue weighted by molar-refractivity contribution is 5.98. The third-order valence-electron chi connectivity index (χ3n) is 4.09. The third-order valence-corrected chi connectivity index (χ3v) is 4.09. The van der Waals surface area contributed by atoms with Crippen molar-refractivity contribution in [3.8, 4) is 11.5 Å². The van der Waals surface area contributed by atoms with Gasteiger partial charge >= 0.3 is 0 Å². The molecule has 0 heterocycles. The summed E-state index contributed by atoms with van der Waals surface area (Å²) in [6.45, 7) is 6.79. The molecule has 154 valence electrons. The molecule has 6 heteroatoms. The number of hydrogen-bond acceptors (Lipinski definition) is 4. The fourth-order valence-corrected chi connectivity index (χ4v) is 2.71. The van der Waals surface area contributed by atoms with Crippen LogP contribution < -0.4 is 20.1 Å². The molecular weight excluding hydrogens is 368 g/mol. The summed E-state index contributed by atoms with van der Waals surface area (Å²) in [5, 5.41) is 5.41. The molecule has 29 heavy (non-hydrogen) atoms. The maximum absolute atomic E-state index is 12.1. The van der Waals surface area contributed by atoms with Gasteiger partial charge in [0.05, 0.1) is 19.8 Å². The first-order chi connectivity index (χ1) is 14.1. The van der Waals surface area contributed by atoms with Crippen molar-refractivity contribution < 1.29 is 19.1 Å². The van der Waals surface area contributed by atoms with Gasteiger partial charge in [-0.15, -0.1) is 0 Å². The van der Waals surface area contributed by atoms with Crippen LogP contribution in [0.25, 0.3) is 6.08 Å². The summed E-state index contributed by atoms with van der Waals surface area (Å²) in [4.78, 5) is 24.1. The van der Waals surface area contributed by atoms with Gasteiger partial charge in [0.25, 0.3) is 0 Å². The van der Waals surface area contributed by atoms with Crippen molar-refractivity contribution in [3.05, 3.63) is 59.7 Å². The van der Waals surface area contributed by atoms with Gasteiger partial charge in [-0.05, 0) is 55.7 Å². The van der Waals surface area contributed by atoms with Gasteiger partial charge in [-0.25, -0.2) is 0 Å². The Kier molecular flexibility index (Phi) is 8.76. The van der Waals surface area contributed by atoms with Crippen molar-refractivity contribution in [2.24, 2.45) is 0 Å². The fourth-order valence-electron chi connectivity index (χ4n) is 2.71. The van der Waals surface area contributed by atoms with E-state index in [1.165, 1.54) is 6.08 Å². The Morgan fingerprint density at radius 1 is 0.966 bits per heavy atom. The highest BCUT2D eigenvalue weighted by Gasteiger charge is 2.07. The van der Waals surface area contributed by atoms with E-state index in [0.29, 0.717) is 24.7 Å². The number of rotatable bonds is 10. The van der Waals surface area contributed by atoms with Crippen LogP contribution in [0.15, 0.2) is 48.5 Å². The lowest BCUT2D eigenvalue weighted by molar-refractivity contribution is -0.121. The minimum absolute atomic E-state index is 0.102. The molecule has 0 aliphatic rings. The lowest BCUT2D eigenvalue weighted by Crippen LogP contribution is -2.31. The monoisotopic (exact) mass is 396 g/mol. The van der Waals surface area contributed by atoms with Crippen molar-refractivity contribution >= 4 is 23.6 Å². The zero-order valence-electron chi connectivity index (χ0n) is 17.2. The maximum Gasteiger partial charge on any atom is 0.244 e. The predicted octanol–water partition coefficient (Wildman–Crippen LogP) is 3.81. The predicted molar refractivity (Wildman–Crippen MR) is 115 cm³/mol. The minimum Gasteiger partial charge on any atom is -0.490 e. The molecule has 0 bridgehead atoms. The number of nitrogens with one attached hydrogen (secondary N) is 2. The molecule has 2 amide bonds. The SMILES string of the molecule is CCOc1ccc(/C=C/C(=O)NCC(=O)Nc2ccccc2CC)cc1OCC. The van der Waals surface area contributed by atoms with Crippen molar-refractivity contribution in [2.75, 3.05) is 25.1 Å². The molecule has 0 spiro atoms. The third kappa shape index (κ3) is 6.99. The smallest absolute Gasteiger partial charge is 0.244 e. The van der Waals surface area contributed by atoms with Gasteiger partial charge in [0.15, 0.2) is 11.5 Å². The number of carbonyl (C=O) groups is 2. The van der Waals surface area contributed by atoms with Crippen LogP contribution in [0.1, 0.15) is 31.9 Å². The van der Waals surface area contributed by atoms with Crippen LogP contribution >= 0.6 is 0 Å². The van der Waals surface area contributed by atoms with Crippen molar-refractivity contribution in [3.63, 3.8) is 0 Å². The van der Waals surface area contributed by atoms with E-state index >= 15 is 0 Å². The van der Waals surface area contributed by atoms with Crippen LogP contribution in [0.4, 0.5) is 5.69 Å². The molecule has 2 N–H and O–H groups in total. The summed E-state index contributed by atoms with van der Waals surface area (Å²) in [7, 11) is 0. The van der Waals surface area contributed by atoms with Crippen LogP contribution in [-0.2, 0) is 16.0 Å². The summed E-state index contributed by atoms with van der Waals surface area (Å²) >= 11 is 0. The zero-order valence-corrected chi connectivity index (χ0v) is 17.2. The second-order valence-electron chi connectivity index (χ2n) is 6.18. The minimum atomic E-state index is -0.351. The number of para-hydroxylation sites is 1. The number of hydrogen-bond donors (Lipinski definition) is 2. The highest BCUT2D eigenvalue weighted by atomic mass is 16.5. The Hall–Kier alpha value is -3.28. The van der Waals surface area contributed by atoms with E-state index < -0.39 is 0 Å². The van der Waals surface area contributed by atoms with Crippen LogP contribution in [0.3, 0.4) is 0 Å². The van der Waals surface area contributed by atoms with Gasteiger partial charge in [0.2, 0.25) is 11.8 Å². The largest absolute Gasteiger partial charge is 0.490 e. The molecule has 0 saturated heterocycles. The van der Waals surface area contributed by atoms with Gasteiger partial charge < -0.3 is 20.1 Å². The lowest BCUT2D eigenvalue weighted by atomic mass is 10.1. The molecule has 0 saturated carbocycles. The van der Waals surface area contributed by atoms with Gasteiger partial charge in [-0.3, -0.25) is 9.59 Å². The van der Waals surface area contributed by atoms with Crippen molar-refractivity contribution in [1.29, 1.82) is 0 Å². The first kappa shape index (κ1) is 22.0. The number of anilines is 1. The number of carbonyl (C=O) groups excluding carboxylic acids is 2. The van der Waals surface area contributed by atoms with E-state index in [1.54, 1.807) is 6.08 Å². The molecule has 2 aromatic rings. The van der Waals surface area contributed by atoms with E-state index in [2.05, 4.69) is 10.6 Å². The van der Waals surface area contributed by atoms with Gasteiger partial charge in [0, 0.05) is 11.8 Å².